The number of amides is 1. The lowest BCUT2D eigenvalue weighted by molar-refractivity contribution is -0.385. The summed E-state index contributed by atoms with van der Waals surface area (Å²) in [6.07, 6.45) is 2.67. The topological polar surface area (TPSA) is 118 Å². The monoisotopic (exact) mass is 308 g/mol. The van der Waals surface area contributed by atoms with Gasteiger partial charge in [-0.2, -0.15) is 0 Å². The first-order valence-electron chi connectivity index (χ1n) is 6.14. The van der Waals surface area contributed by atoms with E-state index in [9.17, 15) is 19.7 Å². The third-order valence-corrected chi connectivity index (χ3v) is 3.43. The lowest BCUT2D eigenvalue weighted by atomic mass is 10.2. The third-order valence-electron chi connectivity index (χ3n) is 2.62. The largest absolute Gasteiger partial charge is 0.322 e. The number of anilines is 1. The van der Waals surface area contributed by atoms with Gasteiger partial charge in [-0.25, -0.2) is 4.98 Å². The van der Waals surface area contributed by atoms with Gasteiger partial charge in [-0.3, -0.25) is 25.0 Å². The number of carbonyl (C=O) groups excluding carboxylic acids is 1. The molecule has 2 heterocycles. The molecule has 2 aromatic rings. The van der Waals surface area contributed by atoms with Crippen LogP contribution in [0.15, 0.2) is 22.4 Å². The number of nitrogens with zero attached hydrogens (tertiary/aromatic N) is 2. The van der Waals surface area contributed by atoms with Crippen molar-refractivity contribution in [2.75, 3.05) is 5.32 Å². The van der Waals surface area contributed by atoms with Gasteiger partial charge in [0.25, 0.3) is 17.2 Å². The standard InChI is InChI=1S/C12H12N4O4S/c1-2-3-7-6-21-12(14-7)15-11(18)9-4-8(16(19)20)5-13-10(9)17/h4-6H,2-3H2,1H3,(H,13,17)(H,14,15,18). The molecule has 2 rings (SSSR count). The maximum atomic E-state index is 12.0. The highest BCUT2D eigenvalue weighted by Gasteiger charge is 2.17. The van der Waals surface area contributed by atoms with Gasteiger partial charge in [-0.15, -0.1) is 11.3 Å². The molecule has 21 heavy (non-hydrogen) atoms. The van der Waals surface area contributed by atoms with Crippen LogP contribution in [0.25, 0.3) is 0 Å². The molecule has 0 aliphatic heterocycles. The Balaban J connectivity index is 2.21. The van der Waals surface area contributed by atoms with Gasteiger partial charge >= 0.3 is 0 Å². The summed E-state index contributed by atoms with van der Waals surface area (Å²) in [6.45, 7) is 2.01. The molecule has 0 bridgehead atoms. The van der Waals surface area contributed by atoms with E-state index in [1.807, 2.05) is 12.3 Å². The summed E-state index contributed by atoms with van der Waals surface area (Å²) in [5, 5.41) is 15.3. The van der Waals surface area contributed by atoms with E-state index in [1.165, 1.54) is 11.3 Å². The van der Waals surface area contributed by atoms with Crippen LogP contribution in [0.5, 0.6) is 0 Å². The van der Waals surface area contributed by atoms with E-state index in [0.29, 0.717) is 5.13 Å². The molecule has 8 nitrogen and oxygen atoms in total. The zero-order chi connectivity index (χ0) is 15.4. The van der Waals surface area contributed by atoms with E-state index in [2.05, 4.69) is 15.3 Å². The maximum absolute atomic E-state index is 12.0. The van der Waals surface area contributed by atoms with Gasteiger partial charge in [0.05, 0.1) is 16.8 Å². The Labute approximate surface area is 123 Å². The van der Waals surface area contributed by atoms with Crippen molar-refractivity contribution >= 4 is 28.1 Å². The highest BCUT2D eigenvalue weighted by Crippen LogP contribution is 2.17. The van der Waals surface area contributed by atoms with Crippen LogP contribution in [0.2, 0.25) is 0 Å². The van der Waals surface area contributed by atoms with Crippen LogP contribution < -0.4 is 10.9 Å². The quantitative estimate of drug-likeness (QED) is 0.646. The molecule has 0 saturated heterocycles. The number of pyridine rings is 1. The summed E-state index contributed by atoms with van der Waals surface area (Å²) in [7, 11) is 0. The fourth-order valence-corrected chi connectivity index (χ4v) is 2.39. The van der Waals surface area contributed by atoms with E-state index in [-0.39, 0.29) is 11.3 Å². The van der Waals surface area contributed by atoms with Crippen LogP contribution in [0.3, 0.4) is 0 Å². The first-order valence-corrected chi connectivity index (χ1v) is 7.02. The Hall–Kier alpha value is -2.55. The van der Waals surface area contributed by atoms with Crippen molar-refractivity contribution in [3.05, 3.63) is 49.4 Å². The van der Waals surface area contributed by atoms with E-state index < -0.39 is 16.4 Å². The average molecular weight is 308 g/mol. The van der Waals surface area contributed by atoms with Crippen LogP contribution in [-0.2, 0) is 6.42 Å². The zero-order valence-corrected chi connectivity index (χ0v) is 11.9. The maximum Gasteiger partial charge on any atom is 0.286 e. The number of H-pyrrole nitrogens is 1. The number of aryl methyl sites for hydroxylation is 1. The van der Waals surface area contributed by atoms with Gasteiger partial charge in [0.1, 0.15) is 5.56 Å². The Morgan fingerprint density at radius 2 is 2.33 bits per heavy atom. The van der Waals surface area contributed by atoms with E-state index in [4.69, 9.17) is 0 Å². The third kappa shape index (κ3) is 3.51. The molecular formula is C12H12N4O4S. The van der Waals surface area contributed by atoms with Crippen LogP contribution in [0.1, 0.15) is 29.4 Å². The normalized spacial score (nSPS) is 10.3. The molecule has 0 aliphatic carbocycles. The number of nitrogens with one attached hydrogen (secondary N) is 2. The van der Waals surface area contributed by atoms with Gasteiger partial charge in [0.15, 0.2) is 5.13 Å². The summed E-state index contributed by atoms with van der Waals surface area (Å²) < 4.78 is 0. The molecule has 0 unspecified atom stereocenters. The number of aromatic nitrogens is 2. The van der Waals surface area contributed by atoms with Crippen molar-refractivity contribution < 1.29 is 9.72 Å². The molecule has 2 N–H and O–H groups in total. The molecule has 0 aromatic carbocycles. The fraction of sp³-hybridized carbons (Fsp3) is 0.250. The van der Waals surface area contributed by atoms with Crippen LogP contribution in [0, 0.1) is 10.1 Å². The minimum absolute atomic E-state index is 0.323. The number of nitro groups is 1. The molecule has 0 atom stereocenters. The average Bonchev–Trinajstić information content (AvgIpc) is 2.86. The number of thiazole rings is 1. The van der Waals surface area contributed by atoms with E-state index in [0.717, 1.165) is 30.8 Å². The first-order chi connectivity index (χ1) is 10.0. The second kappa shape index (κ2) is 6.27. The Kier molecular flexibility index (Phi) is 4.43. The van der Waals surface area contributed by atoms with Crippen molar-refractivity contribution in [3.63, 3.8) is 0 Å². The summed E-state index contributed by atoms with van der Waals surface area (Å²) in [4.78, 5) is 39.9. The van der Waals surface area contributed by atoms with E-state index in [1.54, 1.807) is 0 Å². The number of hydrogen-bond donors (Lipinski definition) is 2. The molecule has 1 amide bonds. The molecule has 0 spiro atoms. The van der Waals surface area contributed by atoms with E-state index >= 15 is 0 Å². The van der Waals surface area contributed by atoms with Gasteiger partial charge in [0, 0.05) is 11.4 Å². The van der Waals surface area contributed by atoms with Crippen molar-refractivity contribution in [1.82, 2.24) is 9.97 Å². The van der Waals surface area contributed by atoms with Crippen molar-refractivity contribution in [1.29, 1.82) is 0 Å². The van der Waals surface area contributed by atoms with Crippen molar-refractivity contribution in [2.24, 2.45) is 0 Å². The minimum Gasteiger partial charge on any atom is -0.322 e. The second-order valence-corrected chi connectivity index (χ2v) is 5.06. The SMILES string of the molecule is CCCc1csc(NC(=O)c2cc([N+](=O)[O-])c[nH]c2=O)n1. The summed E-state index contributed by atoms with van der Waals surface area (Å²) >= 11 is 1.24. The predicted molar refractivity (Wildman–Crippen MR) is 77.8 cm³/mol. The number of carbonyl (C=O) groups is 1. The lowest BCUT2D eigenvalue weighted by Crippen LogP contribution is -2.23. The number of aromatic amines is 1. The lowest BCUT2D eigenvalue weighted by Gasteiger charge is -2.00. The summed E-state index contributed by atoms with van der Waals surface area (Å²) in [5.41, 5.74) is -0.517. The molecule has 0 saturated carbocycles. The minimum atomic E-state index is -0.725. The number of rotatable bonds is 5. The van der Waals surface area contributed by atoms with Gasteiger partial charge in [-0.1, -0.05) is 13.3 Å². The Morgan fingerprint density at radius 1 is 1.57 bits per heavy atom. The molecule has 0 fully saturated rings. The molecule has 9 heteroatoms. The van der Waals surface area contributed by atoms with Gasteiger partial charge in [0.2, 0.25) is 0 Å². The molecule has 0 radical (unpaired) electrons. The summed E-state index contributed by atoms with van der Waals surface area (Å²) in [5.74, 6) is -0.725. The Morgan fingerprint density at radius 3 is 3.00 bits per heavy atom. The molecule has 110 valence electrons. The smallest absolute Gasteiger partial charge is 0.286 e. The fourth-order valence-electron chi connectivity index (χ4n) is 1.65. The zero-order valence-electron chi connectivity index (χ0n) is 11.1. The van der Waals surface area contributed by atoms with Crippen LogP contribution in [-0.4, -0.2) is 20.8 Å². The van der Waals surface area contributed by atoms with Gasteiger partial charge in [-0.05, 0) is 6.42 Å². The highest BCUT2D eigenvalue weighted by atomic mass is 32.1. The molecule has 2 aromatic heterocycles. The first kappa shape index (κ1) is 14.9. The highest BCUT2D eigenvalue weighted by molar-refractivity contribution is 7.13. The molecule has 0 aliphatic rings. The van der Waals surface area contributed by atoms with Crippen molar-refractivity contribution in [3.8, 4) is 0 Å². The Bertz CT molecular complexity index is 737. The van der Waals surface area contributed by atoms with Crippen LogP contribution >= 0.6 is 11.3 Å². The summed E-state index contributed by atoms with van der Waals surface area (Å²) in [6, 6.07) is 0.939. The molecular weight excluding hydrogens is 296 g/mol. The second-order valence-electron chi connectivity index (χ2n) is 4.21. The number of hydrogen-bond acceptors (Lipinski definition) is 6. The predicted octanol–water partition coefficient (Wildman–Crippen LogP) is 1.94. The van der Waals surface area contributed by atoms with Crippen molar-refractivity contribution in [2.45, 2.75) is 19.8 Å². The van der Waals surface area contributed by atoms with Gasteiger partial charge < -0.3 is 4.98 Å². The van der Waals surface area contributed by atoms with Crippen LogP contribution in [0.4, 0.5) is 10.8 Å².